The number of nitrogens with one attached hydrogen (secondary N) is 1. The highest BCUT2D eigenvalue weighted by Gasteiger charge is 2.36. The Balaban J connectivity index is 1.95. The minimum absolute atomic E-state index is 0.206. The van der Waals surface area contributed by atoms with E-state index in [2.05, 4.69) is 57.1 Å². The quantitative estimate of drug-likeness (QED) is 0.861. The van der Waals surface area contributed by atoms with Crippen LogP contribution in [-0.4, -0.2) is 30.1 Å². The van der Waals surface area contributed by atoms with E-state index in [1.54, 1.807) is 0 Å². The zero-order valence-corrected chi connectivity index (χ0v) is 14.7. The van der Waals surface area contributed by atoms with Crippen LogP contribution >= 0.6 is 11.6 Å². The van der Waals surface area contributed by atoms with Gasteiger partial charge in [-0.05, 0) is 77.7 Å². The van der Waals surface area contributed by atoms with E-state index in [0.29, 0.717) is 12.1 Å². The van der Waals surface area contributed by atoms with Crippen molar-refractivity contribution < 1.29 is 0 Å². The first-order valence-electron chi connectivity index (χ1n) is 8.00. The number of benzene rings is 1. The molecule has 3 unspecified atom stereocenters. The van der Waals surface area contributed by atoms with Gasteiger partial charge in [0.15, 0.2) is 0 Å². The Morgan fingerprint density at radius 3 is 2.57 bits per heavy atom. The van der Waals surface area contributed by atoms with Crippen LogP contribution in [0.1, 0.15) is 52.1 Å². The predicted octanol–water partition coefficient (Wildman–Crippen LogP) is 4.50. The van der Waals surface area contributed by atoms with Crippen molar-refractivity contribution in [3.05, 3.63) is 34.9 Å². The van der Waals surface area contributed by atoms with Crippen molar-refractivity contribution in [1.29, 1.82) is 0 Å². The number of rotatable bonds is 5. The van der Waals surface area contributed by atoms with E-state index in [1.807, 2.05) is 12.1 Å². The fourth-order valence-corrected chi connectivity index (χ4v) is 3.25. The van der Waals surface area contributed by atoms with Crippen LogP contribution < -0.4 is 5.32 Å². The van der Waals surface area contributed by atoms with Crippen LogP contribution in [-0.2, 0) is 0 Å². The molecule has 21 heavy (non-hydrogen) atoms. The van der Waals surface area contributed by atoms with Gasteiger partial charge in [-0.25, -0.2) is 0 Å². The van der Waals surface area contributed by atoms with Crippen molar-refractivity contribution in [3.8, 4) is 0 Å². The lowest BCUT2D eigenvalue weighted by atomic mass is 9.77. The summed E-state index contributed by atoms with van der Waals surface area (Å²) in [5.41, 5.74) is 1.51. The standard InChI is InChI=1S/C18H29ClN2/c1-13(14-7-6-8-16(19)11-14)21(5)17-10-9-15(17)12-20-18(2,3)4/h6-8,11,13,15,17,20H,9-10,12H2,1-5H3. The molecule has 1 aromatic rings. The van der Waals surface area contributed by atoms with Crippen LogP contribution in [0.4, 0.5) is 0 Å². The number of nitrogens with zero attached hydrogens (tertiary/aromatic N) is 1. The molecule has 118 valence electrons. The normalized spacial score (nSPS) is 24.0. The van der Waals surface area contributed by atoms with Gasteiger partial charge in [-0.1, -0.05) is 23.7 Å². The van der Waals surface area contributed by atoms with E-state index in [1.165, 1.54) is 18.4 Å². The highest BCUT2D eigenvalue weighted by molar-refractivity contribution is 6.30. The molecule has 0 bridgehead atoms. The molecule has 1 aliphatic rings. The average molecular weight is 309 g/mol. The average Bonchev–Trinajstić information content (AvgIpc) is 2.35. The summed E-state index contributed by atoms with van der Waals surface area (Å²) in [6.07, 6.45) is 2.64. The summed E-state index contributed by atoms with van der Waals surface area (Å²) in [5.74, 6) is 0.760. The van der Waals surface area contributed by atoms with Gasteiger partial charge in [-0.2, -0.15) is 0 Å². The molecule has 1 saturated carbocycles. The van der Waals surface area contributed by atoms with Gasteiger partial charge < -0.3 is 5.32 Å². The first-order chi connectivity index (χ1) is 9.78. The maximum absolute atomic E-state index is 6.12. The summed E-state index contributed by atoms with van der Waals surface area (Å²) in [6.45, 7) is 10.1. The second-order valence-corrected chi connectivity index (χ2v) is 7.87. The monoisotopic (exact) mass is 308 g/mol. The molecule has 3 heteroatoms. The highest BCUT2D eigenvalue weighted by atomic mass is 35.5. The summed E-state index contributed by atoms with van der Waals surface area (Å²) in [4.78, 5) is 2.52. The SMILES string of the molecule is CC(c1cccc(Cl)c1)N(C)C1CCC1CNC(C)(C)C. The van der Waals surface area contributed by atoms with E-state index < -0.39 is 0 Å². The van der Waals surface area contributed by atoms with Crippen LogP contribution in [0.5, 0.6) is 0 Å². The summed E-state index contributed by atoms with van der Waals surface area (Å²) < 4.78 is 0. The summed E-state index contributed by atoms with van der Waals surface area (Å²) in [5, 5.41) is 4.47. The van der Waals surface area contributed by atoms with Crippen molar-refractivity contribution in [2.45, 2.75) is 58.2 Å². The van der Waals surface area contributed by atoms with E-state index in [0.717, 1.165) is 17.5 Å². The van der Waals surface area contributed by atoms with Crippen LogP contribution in [0.15, 0.2) is 24.3 Å². The molecule has 0 saturated heterocycles. The number of hydrogen-bond donors (Lipinski definition) is 1. The maximum atomic E-state index is 6.12. The molecule has 1 fully saturated rings. The van der Waals surface area contributed by atoms with Crippen molar-refractivity contribution in [2.24, 2.45) is 5.92 Å². The molecule has 1 aromatic carbocycles. The third-order valence-corrected chi connectivity index (χ3v) is 4.97. The predicted molar refractivity (Wildman–Crippen MR) is 91.9 cm³/mol. The maximum Gasteiger partial charge on any atom is 0.0409 e. The molecule has 3 atom stereocenters. The van der Waals surface area contributed by atoms with Crippen LogP contribution in [0, 0.1) is 5.92 Å². The van der Waals surface area contributed by atoms with E-state index in [-0.39, 0.29) is 5.54 Å². The van der Waals surface area contributed by atoms with Crippen molar-refractivity contribution in [1.82, 2.24) is 10.2 Å². The molecular weight excluding hydrogens is 280 g/mol. The molecule has 0 heterocycles. The lowest BCUT2D eigenvalue weighted by molar-refractivity contribution is 0.0515. The Morgan fingerprint density at radius 2 is 2.05 bits per heavy atom. The van der Waals surface area contributed by atoms with Gasteiger partial charge in [0, 0.05) is 22.6 Å². The lowest BCUT2D eigenvalue weighted by Crippen LogP contribution is -2.52. The molecule has 0 aliphatic heterocycles. The van der Waals surface area contributed by atoms with E-state index >= 15 is 0 Å². The Bertz CT molecular complexity index is 467. The Labute approximate surface area is 134 Å². The highest BCUT2D eigenvalue weighted by Crippen LogP contribution is 2.36. The molecule has 0 amide bonds. The molecule has 0 spiro atoms. The van der Waals surface area contributed by atoms with Gasteiger partial charge in [-0.15, -0.1) is 0 Å². The first-order valence-corrected chi connectivity index (χ1v) is 8.38. The fraction of sp³-hybridized carbons (Fsp3) is 0.667. The Kier molecular flexibility index (Phi) is 5.34. The molecule has 1 N–H and O–H groups in total. The van der Waals surface area contributed by atoms with Crippen LogP contribution in [0.3, 0.4) is 0 Å². The Morgan fingerprint density at radius 1 is 1.33 bits per heavy atom. The minimum Gasteiger partial charge on any atom is -0.312 e. The second kappa shape index (κ2) is 6.68. The van der Waals surface area contributed by atoms with Gasteiger partial charge in [0.2, 0.25) is 0 Å². The molecule has 1 aliphatic carbocycles. The Hall–Kier alpha value is -0.570. The van der Waals surface area contributed by atoms with Crippen LogP contribution in [0.2, 0.25) is 5.02 Å². The van der Waals surface area contributed by atoms with Gasteiger partial charge in [0.05, 0.1) is 0 Å². The zero-order chi connectivity index (χ0) is 15.6. The lowest BCUT2D eigenvalue weighted by Gasteiger charge is -2.46. The molecule has 2 rings (SSSR count). The molecule has 0 radical (unpaired) electrons. The summed E-state index contributed by atoms with van der Waals surface area (Å²) >= 11 is 6.12. The van der Waals surface area contributed by atoms with E-state index in [9.17, 15) is 0 Å². The first kappa shape index (κ1) is 16.8. The summed E-state index contributed by atoms with van der Waals surface area (Å²) in [7, 11) is 2.25. The minimum atomic E-state index is 0.206. The third kappa shape index (κ3) is 4.45. The van der Waals surface area contributed by atoms with E-state index in [4.69, 9.17) is 11.6 Å². The van der Waals surface area contributed by atoms with Crippen molar-refractivity contribution in [2.75, 3.05) is 13.6 Å². The molecule has 2 nitrogen and oxygen atoms in total. The van der Waals surface area contributed by atoms with Crippen molar-refractivity contribution >= 4 is 11.6 Å². The number of hydrogen-bond acceptors (Lipinski definition) is 2. The number of halogens is 1. The molecular formula is C18H29ClN2. The van der Waals surface area contributed by atoms with Gasteiger partial charge in [0.25, 0.3) is 0 Å². The van der Waals surface area contributed by atoms with Crippen LogP contribution in [0.25, 0.3) is 0 Å². The topological polar surface area (TPSA) is 15.3 Å². The zero-order valence-electron chi connectivity index (χ0n) is 14.0. The van der Waals surface area contributed by atoms with Gasteiger partial charge in [-0.3, -0.25) is 4.90 Å². The largest absolute Gasteiger partial charge is 0.312 e. The molecule has 0 aromatic heterocycles. The van der Waals surface area contributed by atoms with Crippen molar-refractivity contribution in [3.63, 3.8) is 0 Å². The fourth-order valence-electron chi connectivity index (χ4n) is 3.05. The third-order valence-electron chi connectivity index (χ3n) is 4.74. The second-order valence-electron chi connectivity index (χ2n) is 7.43. The summed E-state index contributed by atoms with van der Waals surface area (Å²) in [6, 6.07) is 9.33. The van der Waals surface area contributed by atoms with Gasteiger partial charge >= 0.3 is 0 Å². The van der Waals surface area contributed by atoms with Gasteiger partial charge in [0.1, 0.15) is 0 Å². The smallest absolute Gasteiger partial charge is 0.0409 e.